The van der Waals surface area contributed by atoms with Crippen LogP contribution >= 0.6 is 23.4 Å². The molecule has 0 radical (unpaired) electrons. The van der Waals surface area contributed by atoms with E-state index in [2.05, 4.69) is 10.6 Å². The van der Waals surface area contributed by atoms with Gasteiger partial charge in [-0.25, -0.2) is 0 Å². The van der Waals surface area contributed by atoms with E-state index >= 15 is 0 Å². The quantitative estimate of drug-likeness (QED) is 0.425. The summed E-state index contributed by atoms with van der Waals surface area (Å²) in [6.07, 6.45) is 3.62. The summed E-state index contributed by atoms with van der Waals surface area (Å²) in [5.74, 6) is -1.52. The fourth-order valence-corrected chi connectivity index (χ4v) is 8.40. The zero-order chi connectivity index (χ0) is 25.3. The molecule has 3 fully saturated rings. The first kappa shape index (κ1) is 25.1. The molecule has 2 unspecified atom stereocenters. The van der Waals surface area contributed by atoms with E-state index in [1.165, 1.54) is 0 Å². The van der Waals surface area contributed by atoms with Crippen molar-refractivity contribution in [2.24, 2.45) is 11.8 Å². The molecule has 0 aromatic heterocycles. The molecule has 3 heterocycles. The van der Waals surface area contributed by atoms with Crippen molar-refractivity contribution < 1.29 is 19.5 Å². The third-order valence-corrected chi connectivity index (χ3v) is 9.77. The van der Waals surface area contributed by atoms with Crippen molar-refractivity contribution in [2.75, 3.05) is 23.8 Å². The molecule has 3 aliphatic rings. The summed E-state index contributed by atoms with van der Waals surface area (Å²) in [7, 11) is 0. The van der Waals surface area contributed by atoms with E-state index in [1.807, 2.05) is 30.3 Å². The van der Waals surface area contributed by atoms with Crippen LogP contribution in [0.2, 0.25) is 5.02 Å². The molecule has 2 aromatic carbocycles. The van der Waals surface area contributed by atoms with Crippen molar-refractivity contribution >= 4 is 52.5 Å². The zero-order valence-corrected chi connectivity index (χ0v) is 21.4. The first-order valence-corrected chi connectivity index (χ1v) is 13.7. The lowest BCUT2D eigenvalue weighted by molar-refractivity contribution is -0.138. The first-order valence-electron chi connectivity index (χ1n) is 12.5. The lowest BCUT2D eigenvalue weighted by Crippen LogP contribution is -2.51. The first-order chi connectivity index (χ1) is 17.4. The summed E-state index contributed by atoms with van der Waals surface area (Å²) in [6, 6.07) is 15.5. The normalized spacial score (nSPS) is 28.3. The number of likely N-dealkylation sites (tertiary alicyclic amines) is 1. The highest BCUT2D eigenvalue weighted by molar-refractivity contribution is 8.02. The molecular formula is C27H30ClN3O4S. The molecule has 3 saturated heterocycles. The number of aliphatic hydroxyl groups is 1. The van der Waals surface area contributed by atoms with Gasteiger partial charge in [0.25, 0.3) is 0 Å². The van der Waals surface area contributed by atoms with Crippen molar-refractivity contribution in [3.8, 4) is 0 Å². The van der Waals surface area contributed by atoms with E-state index in [-0.39, 0.29) is 29.6 Å². The Labute approximate surface area is 220 Å². The second-order valence-electron chi connectivity index (χ2n) is 9.72. The van der Waals surface area contributed by atoms with Crippen molar-refractivity contribution in [2.45, 2.75) is 48.1 Å². The minimum absolute atomic E-state index is 0.00466. The number of nitrogens with zero attached hydrogens (tertiary/aromatic N) is 1. The van der Waals surface area contributed by atoms with Crippen LogP contribution in [0.25, 0.3) is 0 Å². The molecule has 36 heavy (non-hydrogen) atoms. The van der Waals surface area contributed by atoms with Gasteiger partial charge >= 0.3 is 0 Å². The Kier molecular flexibility index (Phi) is 7.28. The Balaban J connectivity index is 1.43. The van der Waals surface area contributed by atoms with Gasteiger partial charge in [0.1, 0.15) is 6.04 Å². The Morgan fingerprint density at radius 3 is 2.42 bits per heavy atom. The summed E-state index contributed by atoms with van der Waals surface area (Å²) >= 11 is 7.65. The number of anilines is 2. The minimum Gasteiger partial charge on any atom is -0.396 e. The van der Waals surface area contributed by atoms with E-state index in [9.17, 15) is 14.4 Å². The van der Waals surface area contributed by atoms with Crippen molar-refractivity contribution in [3.63, 3.8) is 0 Å². The number of nitrogens with one attached hydrogen (secondary N) is 2. The van der Waals surface area contributed by atoms with Gasteiger partial charge in [0.05, 0.1) is 16.6 Å². The van der Waals surface area contributed by atoms with E-state index in [1.54, 1.807) is 40.9 Å². The van der Waals surface area contributed by atoms with Crippen LogP contribution in [0.4, 0.5) is 11.4 Å². The second-order valence-corrected chi connectivity index (χ2v) is 11.8. The highest BCUT2D eigenvalue weighted by atomic mass is 35.5. The average molecular weight is 528 g/mol. The van der Waals surface area contributed by atoms with Crippen LogP contribution in [0.1, 0.15) is 32.1 Å². The number of thioether (sulfide) groups is 1. The van der Waals surface area contributed by atoms with Crippen LogP contribution < -0.4 is 10.6 Å². The Morgan fingerprint density at radius 2 is 1.69 bits per heavy atom. The number of carbonyl (C=O) groups excluding carboxylic acids is 3. The number of aliphatic hydroxyl groups excluding tert-OH is 1. The number of carbonyl (C=O) groups is 3. The highest BCUT2D eigenvalue weighted by Crippen LogP contribution is 2.66. The molecule has 2 aromatic rings. The maximum atomic E-state index is 13.9. The Bertz CT molecular complexity index is 1130. The molecule has 5 atom stereocenters. The molecule has 3 amide bonds. The fraction of sp³-hybridized carbons (Fsp3) is 0.444. The van der Waals surface area contributed by atoms with Gasteiger partial charge in [-0.2, -0.15) is 0 Å². The molecule has 2 bridgehead atoms. The Hall–Kier alpha value is -2.55. The molecule has 0 aliphatic carbocycles. The molecule has 9 heteroatoms. The highest BCUT2D eigenvalue weighted by Gasteiger charge is 2.73. The number of hydrogen-bond acceptors (Lipinski definition) is 5. The van der Waals surface area contributed by atoms with Crippen LogP contribution in [0, 0.1) is 11.8 Å². The number of hydrogen-bond donors (Lipinski definition) is 3. The number of unbranched alkanes of at least 4 members (excludes halogenated alkanes) is 2. The number of fused-ring (bicyclic) bond motifs is 1. The molecular weight excluding hydrogens is 498 g/mol. The standard InChI is InChI=1S/C27H30ClN3O4S/c28-17-9-11-19(12-10-17)30-25(34)23-27-14-13-20(36-27)21(24(33)29-18-7-3-1-4-8-18)22(27)26(35)31(23)15-5-2-6-16-32/h1,3-4,7-12,20-23,32H,2,5-6,13-16H2,(H,29,33)(H,30,34)/t20-,21+,22+,23?,27?/m1/s1. The van der Waals surface area contributed by atoms with Crippen LogP contribution in [-0.2, 0) is 14.4 Å². The van der Waals surface area contributed by atoms with Gasteiger partial charge in [-0.05, 0) is 68.5 Å². The molecule has 3 N–H and O–H groups in total. The SMILES string of the molecule is O=C(Nc1ccc(Cl)cc1)C1N(CCCCCO)C(=O)[C@@H]2[C@@H](C(=O)Nc3ccccc3)[C@H]3CCC12S3. The number of para-hydroxylation sites is 1. The topological polar surface area (TPSA) is 98.7 Å². The number of halogens is 1. The Morgan fingerprint density at radius 1 is 1.00 bits per heavy atom. The van der Waals surface area contributed by atoms with E-state index in [4.69, 9.17) is 16.7 Å². The molecule has 7 nitrogen and oxygen atoms in total. The lowest BCUT2D eigenvalue weighted by Gasteiger charge is -2.34. The summed E-state index contributed by atoms with van der Waals surface area (Å²) < 4.78 is -0.631. The molecule has 0 saturated carbocycles. The molecule has 1 spiro atoms. The van der Waals surface area contributed by atoms with Crippen LogP contribution in [-0.4, -0.2) is 56.9 Å². The minimum atomic E-state index is -0.663. The van der Waals surface area contributed by atoms with Crippen LogP contribution in [0.3, 0.4) is 0 Å². The maximum absolute atomic E-state index is 13.9. The van der Waals surface area contributed by atoms with E-state index in [0.29, 0.717) is 35.8 Å². The monoisotopic (exact) mass is 527 g/mol. The van der Waals surface area contributed by atoms with E-state index < -0.39 is 22.6 Å². The van der Waals surface area contributed by atoms with Crippen LogP contribution in [0.5, 0.6) is 0 Å². The maximum Gasteiger partial charge on any atom is 0.248 e. The van der Waals surface area contributed by atoms with Gasteiger partial charge < -0.3 is 20.6 Å². The van der Waals surface area contributed by atoms with Gasteiger partial charge in [0, 0.05) is 34.8 Å². The van der Waals surface area contributed by atoms with Gasteiger partial charge in [-0.15, -0.1) is 11.8 Å². The number of rotatable bonds is 9. The van der Waals surface area contributed by atoms with Crippen LogP contribution in [0.15, 0.2) is 54.6 Å². The van der Waals surface area contributed by atoms with Gasteiger partial charge in [-0.3, -0.25) is 14.4 Å². The number of amides is 3. The molecule has 190 valence electrons. The average Bonchev–Trinajstić information content (AvgIpc) is 3.51. The molecule has 3 aliphatic heterocycles. The van der Waals surface area contributed by atoms with Gasteiger partial charge in [0.15, 0.2) is 0 Å². The van der Waals surface area contributed by atoms with Gasteiger partial charge in [0.2, 0.25) is 17.7 Å². The second kappa shape index (κ2) is 10.4. The third kappa shape index (κ3) is 4.51. The van der Waals surface area contributed by atoms with Gasteiger partial charge in [-0.1, -0.05) is 29.8 Å². The van der Waals surface area contributed by atoms with E-state index in [0.717, 1.165) is 19.3 Å². The summed E-state index contributed by atoms with van der Waals surface area (Å²) in [5.41, 5.74) is 1.32. The molecule has 5 rings (SSSR count). The largest absolute Gasteiger partial charge is 0.396 e. The third-order valence-electron chi connectivity index (χ3n) is 7.56. The summed E-state index contributed by atoms with van der Waals surface area (Å²) in [6.45, 7) is 0.522. The lowest BCUT2D eigenvalue weighted by atomic mass is 9.70. The number of benzene rings is 2. The van der Waals surface area contributed by atoms with Crippen molar-refractivity contribution in [1.82, 2.24) is 4.90 Å². The summed E-state index contributed by atoms with van der Waals surface area (Å²) in [4.78, 5) is 42.8. The zero-order valence-electron chi connectivity index (χ0n) is 19.9. The predicted octanol–water partition coefficient (Wildman–Crippen LogP) is 4.17. The summed E-state index contributed by atoms with van der Waals surface area (Å²) in [5, 5.41) is 15.7. The smallest absolute Gasteiger partial charge is 0.248 e. The van der Waals surface area contributed by atoms with Crippen molar-refractivity contribution in [3.05, 3.63) is 59.6 Å². The van der Waals surface area contributed by atoms with Crippen molar-refractivity contribution in [1.29, 1.82) is 0 Å². The predicted molar refractivity (Wildman–Crippen MR) is 142 cm³/mol. The fourth-order valence-electron chi connectivity index (χ4n) is 6.06.